The van der Waals surface area contributed by atoms with E-state index in [4.69, 9.17) is 15.0 Å². The van der Waals surface area contributed by atoms with Gasteiger partial charge in [0.15, 0.2) is 0 Å². The van der Waals surface area contributed by atoms with Gasteiger partial charge in [-0.25, -0.2) is 9.97 Å². The maximum absolute atomic E-state index is 5.83. The lowest BCUT2D eigenvalue weighted by molar-refractivity contribution is 0.355. The van der Waals surface area contributed by atoms with Gasteiger partial charge in [0.1, 0.15) is 12.0 Å². The van der Waals surface area contributed by atoms with E-state index < -0.39 is 0 Å². The Kier molecular flexibility index (Phi) is 3.63. The Morgan fingerprint density at radius 2 is 2.39 bits per heavy atom. The van der Waals surface area contributed by atoms with Crippen molar-refractivity contribution in [1.29, 1.82) is 0 Å². The predicted molar refractivity (Wildman–Crippen MR) is 63.6 cm³/mol. The molecule has 0 fully saturated rings. The second-order valence-electron chi connectivity index (χ2n) is 3.53. The smallest absolute Gasteiger partial charge is 0.244 e. The van der Waals surface area contributed by atoms with Crippen molar-refractivity contribution >= 4 is 0 Å². The number of hydrogen-bond acceptors (Lipinski definition) is 7. The molecule has 1 atom stereocenters. The largest absolute Gasteiger partial charge is 0.481 e. The number of aromatic nitrogens is 4. The normalized spacial score (nSPS) is 12.1. The molecular formula is C11H13N5O2. The Morgan fingerprint density at radius 3 is 3.11 bits per heavy atom. The van der Waals surface area contributed by atoms with Crippen molar-refractivity contribution in [2.75, 3.05) is 7.11 Å². The van der Waals surface area contributed by atoms with Gasteiger partial charge in [0, 0.05) is 6.07 Å². The van der Waals surface area contributed by atoms with Crippen LogP contribution in [0.5, 0.6) is 5.88 Å². The van der Waals surface area contributed by atoms with Crippen LogP contribution in [-0.2, 0) is 0 Å². The van der Waals surface area contributed by atoms with Gasteiger partial charge in [-0.2, -0.15) is 4.98 Å². The highest BCUT2D eigenvalue weighted by Gasteiger charge is 2.15. The fourth-order valence-electron chi connectivity index (χ4n) is 1.34. The lowest BCUT2D eigenvalue weighted by Crippen LogP contribution is -2.09. The van der Waals surface area contributed by atoms with Gasteiger partial charge in [-0.15, -0.1) is 6.58 Å². The SMILES string of the molecule is C=CCC(N)c1nc(-c2cc(OC)ncn2)no1. The van der Waals surface area contributed by atoms with Gasteiger partial charge >= 0.3 is 0 Å². The van der Waals surface area contributed by atoms with Crippen molar-refractivity contribution in [3.05, 3.63) is 30.9 Å². The van der Waals surface area contributed by atoms with Crippen molar-refractivity contribution in [1.82, 2.24) is 20.1 Å². The van der Waals surface area contributed by atoms with Crippen LogP contribution in [0.2, 0.25) is 0 Å². The summed E-state index contributed by atoms with van der Waals surface area (Å²) in [7, 11) is 1.52. The third kappa shape index (κ3) is 2.51. The number of nitrogens with two attached hydrogens (primary N) is 1. The van der Waals surface area contributed by atoms with Crippen molar-refractivity contribution in [2.45, 2.75) is 12.5 Å². The topological polar surface area (TPSA) is 100.0 Å². The summed E-state index contributed by atoms with van der Waals surface area (Å²) in [5, 5.41) is 3.82. The van der Waals surface area contributed by atoms with Crippen LogP contribution in [-0.4, -0.2) is 27.2 Å². The molecule has 2 aromatic rings. The quantitative estimate of drug-likeness (QED) is 0.790. The highest BCUT2D eigenvalue weighted by Crippen LogP contribution is 2.19. The van der Waals surface area contributed by atoms with E-state index in [1.54, 1.807) is 12.1 Å². The second kappa shape index (κ2) is 5.37. The van der Waals surface area contributed by atoms with Crippen LogP contribution in [0.3, 0.4) is 0 Å². The maximum atomic E-state index is 5.83. The van der Waals surface area contributed by atoms with Gasteiger partial charge in [-0.05, 0) is 6.42 Å². The third-order valence-electron chi connectivity index (χ3n) is 2.26. The molecule has 1 unspecified atom stereocenters. The Balaban J connectivity index is 2.25. The molecule has 7 nitrogen and oxygen atoms in total. The lowest BCUT2D eigenvalue weighted by Gasteiger charge is -2.00. The van der Waals surface area contributed by atoms with Crippen LogP contribution < -0.4 is 10.5 Å². The molecule has 0 amide bonds. The number of hydrogen-bond donors (Lipinski definition) is 1. The maximum Gasteiger partial charge on any atom is 0.244 e. The molecule has 0 saturated heterocycles. The zero-order valence-electron chi connectivity index (χ0n) is 9.91. The summed E-state index contributed by atoms with van der Waals surface area (Å²) in [5.74, 6) is 1.13. The minimum Gasteiger partial charge on any atom is -0.481 e. The van der Waals surface area contributed by atoms with Gasteiger partial charge in [0.05, 0.1) is 13.2 Å². The summed E-state index contributed by atoms with van der Waals surface area (Å²) in [4.78, 5) is 12.1. The number of ether oxygens (including phenoxy) is 1. The first-order valence-electron chi connectivity index (χ1n) is 5.31. The third-order valence-corrected chi connectivity index (χ3v) is 2.26. The predicted octanol–water partition coefficient (Wildman–Crippen LogP) is 1.11. The summed E-state index contributed by atoms with van der Waals surface area (Å²) in [5.41, 5.74) is 6.34. The molecule has 2 heterocycles. The van der Waals surface area contributed by atoms with Crippen LogP contribution in [0.1, 0.15) is 18.4 Å². The minimum atomic E-state index is -0.354. The van der Waals surface area contributed by atoms with E-state index in [0.717, 1.165) is 0 Å². The molecular weight excluding hydrogens is 234 g/mol. The van der Waals surface area contributed by atoms with Crippen LogP contribution in [0.25, 0.3) is 11.5 Å². The Morgan fingerprint density at radius 1 is 1.56 bits per heavy atom. The lowest BCUT2D eigenvalue weighted by atomic mass is 10.2. The molecule has 0 aromatic carbocycles. The highest BCUT2D eigenvalue weighted by molar-refractivity contribution is 5.49. The molecule has 94 valence electrons. The van der Waals surface area contributed by atoms with Gasteiger partial charge in [0.25, 0.3) is 0 Å². The minimum absolute atomic E-state index is 0.350. The summed E-state index contributed by atoms with van der Waals surface area (Å²) >= 11 is 0. The Hall–Kier alpha value is -2.28. The molecule has 0 bridgehead atoms. The second-order valence-corrected chi connectivity index (χ2v) is 3.53. The van der Waals surface area contributed by atoms with Crippen molar-refractivity contribution in [3.8, 4) is 17.4 Å². The summed E-state index contributed by atoms with van der Waals surface area (Å²) < 4.78 is 10.1. The first kappa shape index (κ1) is 12.2. The van der Waals surface area contributed by atoms with Crippen molar-refractivity contribution < 1.29 is 9.26 Å². The van der Waals surface area contributed by atoms with E-state index in [1.807, 2.05) is 0 Å². The van der Waals surface area contributed by atoms with E-state index in [0.29, 0.717) is 29.7 Å². The van der Waals surface area contributed by atoms with Crippen LogP contribution >= 0.6 is 0 Å². The van der Waals surface area contributed by atoms with E-state index in [2.05, 4.69) is 26.7 Å². The van der Waals surface area contributed by atoms with E-state index in [1.165, 1.54) is 13.4 Å². The molecule has 2 aromatic heterocycles. The summed E-state index contributed by atoms with van der Waals surface area (Å²) in [6.07, 6.45) is 3.63. The molecule has 0 radical (unpaired) electrons. The number of rotatable bonds is 5. The molecule has 0 spiro atoms. The number of nitrogens with zero attached hydrogens (tertiary/aromatic N) is 4. The van der Waals surface area contributed by atoms with Gasteiger partial charge in [-0.3, -0.25) is 0 Å². The van der Waals surface area contributed by atoms with Gasteiger partial charge in [-0.1, -0.05) is 11.2 Å². The van der Waals surface area contributed by atoms with Gasteiger partial charge in [0.2, 0.25) is 17.6 Å². The fourth-order valence-corrected chi connectivity index (χ4v) is 1.34. The van der Waals surface area contributed by atoms with Crippen molar-refractivity contribution in [3.63, 3.8) is 0 Å². The summed E-state index contributed by atoms with van der Waals surface area (Å²) in [6.45, 7) is 3.61. The van der Waals surface area contributed by atoms with E-state index in [-0.39, 0.29) is 6.04 Å². The Labute approximate surface area is 104 Å². The monoisotopic (exact) mass is 247 g/mol. The Bertz CT molecular complexity index is 540. The molecule has 2 rings (SSSR count). The molecule has 18 heavy (non-hydrogen) atoms. The first-order chi connectivity index (χ1) is 8.74. The zero-order valence-corrected chi connectivity index (χ0v) is 9.91. The molecule has 2 N–H and O–H groups in total. The first-order valence-corrected chi connectivity index (χ1v) is 5.31. The van der Waals surface area contributed by atoms with Crippen molar-refractivity contribution in [2.24, 2.45) is 5.73 Å². The standard InChI is InChI=1S/C11H13N5O2/c1-3-4-7(12)11-15-10(16-18-11)8-5-9(17-2)14-6-13-8/h3,5-7H,1,4,12H2,2H3. The van der Waals surface area contributed by atoms with Crippen LogP contribution in [0.15, 0.2) is 29.6 Å². The summed E-state index contributed by atoms with van der Waals surface area (Å²) in [6, 6.07) is 1.26. The average Bonchev–Trinajstić information content (AvgIpc) is 2.89. The molecule has 0 aliphatic heterocycles. The van der Waals surface area contributed by atoms with Crippen LogP contribution in [0.4, 0.5) is 0 Å². The molecule has 7 heteroatoms. The fraction of sp³-hybridized carbons (Fsp3) is 0.273. The molecule has 0 aliphatic rings. The van der Waals surface area contributed by atoms with E-state index in [9.17, 15) is 0 Å². The highest BCUT2D eigenvalue weighted by atomic mass is 16.5. The van der Waals surface area contributed by atoms with E-state index >= 15 is 0 Å². The average molecular weight is 247 g/mol. The molecule has 0 aliphatic carbocycles. The van der Waals surface area contributed by atoms with Gasteiger partial charge < -0.3 is 15.0 Å². The zero-order chi connectivity index (χ0) is 13.0. The van der Waals surface area contributed by atoms with Crippen LogP contribution in [0, 0.1) is 0 Å². The number of methoxy groups -OCH3 is 1. The molecule has 0 saturated carbocycles.